The third-order valence-corrected chi connectivity index (χ3v) is 4.87. The Morgan fingerprint density at radius 3 is 2.87 bits per heavy atom. The van der Waals surface area contributed by atoms with Gasteiger partial charge in [-0.05, 0) is 37.6 Å². The van der Waals surface area contributed by atoms with Crippen LogP contribution >= 0.6 is 11.6 Å². The highest BCUT2D eigenvalue weighted by Gasteiger charge is 2.31. The summed E-state index contributed by atoms with van der Waals surface area (Å²) in [6.45, 7) is 5.72. The Balaban J connectivity index is 2.13. The SMILES string of the molecule is CCN1CCCC[C@H]1C(=O)N(CCOC)Cc1ccccc1Cl. The number of nitrogens with zero attached hydrogens (tertiary/aromatic N) is 2. The molecule has 0 bridgehead atoms. The van der Waals surface area contributed by atoms with Crippen molar-refractivity contribution in [3.63, 3.8) is 0 Å². The van der Waals surface area contributed by atoms with E-state index >= 15 is 0 Å². The van der Waals surface area contributed by atoms with E-state index in [-0.39, 0.29) is 11.9 Å². The second kappa shape index (κ2) is 9.26. The first-order valence-electron chi connectivity index (χ1n) is 8.42. The van der Waals surface area contributed by atoms with Crippen LogP contribution in [0.25, 0.3) is 0 Å². The number of amides is 1. The van der Waals surface area contributed by atoms with E-state index in [1.165, 1.54) is 6.42 Å². The quantitative estimate of drug-likeness (QED) is 0.765. The molecule has 0 spiro atoms. The zero-order valence-electron chi connectivity index (χ0n) is 14.1. The molecular weight excluding hydrogens is 312 g/mol. The van der Waals surface area contributed by atoms with E-state index in [4.69, 9.17) is 16.3 Å². The van der Waals surface area contributed by atoms with Crippen LogP contribution in [0.15, 0.2) is 24.3 Å². The summed E-state index contributed by atoms with van der Waals surface area (Å²) in [5, 5.41) is 0.707. The van der Waals surface area contributed by atoms with Gasteiger partial charge in [-0.1, -0.05) is 43.1 Å². The molecule has 128 valence electrons. The number of likely N-dealkylation sites (N-methyl/N-ethyl adjacent to an activating group) is 1. The smallest absolute Gasteiger partial charge is 0.240 e. The van der Waals surface area contributed by atoms with Gasteiger partial charge in [-0.2, -0.15) is 0 Å². The van der Waals surface area contributed by atoms with Crippen LogP contribution < -0.4 is 0 Å². The van der Waals surface area contributed by atoms with Crippen molar-refractivity contribution in [1.29, 1.82) is 0 Å². The predicted octanol–water partition coefficient (Wildman–Crippen LogP) is 3.19. The molecular formula is C18H27ClN2O2. The van der Waals surface area contributed by atoms with Crippen molar-refractivity contribution in [2.75, 3.05) is 33.4 Å². The summed E-state index contributed by atoms with van der Waals surface area (Å²) < 4.78 is 5.19. The van der Waals surface area contributed by atoms with Crippen LogP contribution in [0.2, 0.25) is 5.02 Å². The number of piperidine rings is 1. The number of rotatable bonds is 7. The average molecular weight is 339 g/mol. The zero-order valence-corrected chi connectivity index (χ0v) is 14.9. The van der Waals surface area contributed by atoms with Gasteiger partial charge in [0.1, 0.15) is 0 Å². The van der Waals surface area contributed by atoms with E-state index in [0.29, 0.717) is 24.7 Å². The molecule has 0 aliphatic carbocycles. The minimum atomic E-state index is -0.00639. The summed E-state index contributed by atoms with van der Waals surface area (Å²) in [4.78, 5) is 17.3. The number of carbonyl (C=O) groups excluding carboxylic acids is 1. The molecule has 1 heterocycles. The molecule has 0 N–H and O–H groups in total. The molecule has 1 aromatic rings. The minimum absolute atomic E-state index is 0.00639. The standard InChI is InChI=1S/C18H27ClN2O2/c1-3-20-11-7-6-10-17(20)18(22)21(12-13-23-2)14-15-8-4-5-9-16(15)19/h4-5,8-9,17H,3,6-7,10-14H2,1-2H3/t17-/m0/s1. The third kappa shape index (κ3) is 4.93. The van der Waals surface area contributed by atoms with Gasteiger partial charge in [0, 0.05) is 25.2 Å². The summed E-state index contributed by atoms with van der Waals surface area (Å²) in [7, 11) is 1.66. The van der Waals surface area contributed by atoms with Crippen LogP contribution in [0.3, 0.4) is 0 Å². The van der Waals surface area contributed by atoms with Crippen LogP contribution in [-0.4, -0.2) is 55.1 Å². The maximum atomic E-state index is 13.1. The Kier molecular flexibility index (Phi) is 7.34. The summed E-state index contributed by atoms with van der Waals surface area (Å²) in [5.74, 6) is 0.198. The first kappa shape index (κ1) is 18.2. The molecule has 23 heavy (non-hydrogen) atoms. The Morgan fingerprint density at radius 2 is 2.17 bits per heavy atom. The molecule has 1 fully saturated rings. The maximum Gasteiger partial charge on any atom is 0.240 e. The number of likely N-dealkylation sites (tertiary alicyclic amines) is 1. The van der Waals surface area contributed by atoms with Crippen molar-refractivity contribution in [3.05, 3.63) is 34.9 Å². The second-order valence-corrected chi connectivity index (χ2v) is 6.39. The first-order valence-corrected chi connectivity index (χ1v) is 8.80. The average Bonchev–Trinajstić information content (AvgIpc) is 2.59. The fraction of sp³-hybridized carbons (Fsp3) is 0.611. The normalized spacial score (nSPS) is 18.8. The molecule has 0 saturated carbocycles. The van der Waals surface area contributed by atoms with Crippen LogP contribution in [0.1, 0.15) is 31.7 Å². The van der Waals surface area contributed by atoms with Crippen molar-refractivity contribution < 1.29 is 9.53 Å². The van der Waals surface area contributed by atoms with E-state index in [1.807, 2.05) is 29.2 Å². The summed E-state index contributed by atoms with van der Waals surface area (Å²) in [6, 6.07) is 7.71. The lowest BCUT2D eigenvalue weighted by molar-refractivity contribution is -0.139. The molecule has 2 rings (SSSR count). The van der Waals surface area contributed by atoms with Gasteiger partial charge in [0.25, 0.3) is 0 Å². The molecule has 0 aromatic heterocycles. The van der Waals surface area contributed by atoms with E-state index in [0.717, 1.165) is 31.5 Å². The number of hydrogen-bond donors (Lipinski definition) is 0. The van der Waals surface area contributed by atoms with Gasteiger partial charge in [-0.25, -0.2) is 0 Å². The van der Waals surface area contributed by atoms with E-state index in [1.54, 1.807) is 7.11 Å². The van der Waals surface area contributed by atoms with Crippen LogP contribution in [0, 0.1) is 0 Å². The Bertz CT molecular complexity index is 510. The third-order valence-electron chi connectivity index (χ3n) is 4.50. The highest BCUT2D eigenvalue weighted by atomic mass is 35.5. The van der Waals surface area contributed by atoms with E-state index < -0.39 is 0 Å². The molecule has 0 unspecified atom stereocenters. The predicted molar refractivity (Wildman–Crippen MR) is 93.6 cm³/mol. The van der Waals surface area contributed by atoms with Crippen molar-refractivity contribution in [1.82, 2.24) is 9.80 Å². The van der Waals surface area contributed by atoms with Crippen LogP contribution in [-0.2, 0) is 16.1 Å². The van der Waals surface area contributed by atoms with Gasteiger partial charge in [0.2, 0.25) is 5.91 Å². The van der Waals surface area contributed by atoms with Gasteiger partial charge >= 0.3 is 0 Å². The van der Waals surface area contributed by atoms with Crippen molar-refractivity contribution in [2.24, 2.45) is 0 Å². The number of ether oxygens (including phenoxy) is 1. The fourth-order valence-corrected chi connectivity index (χ4v) is 3.36. The van der Waals surface area contributed by atoms with Gasteiger partial charge in [0.15, 0.2) is 0 Å². The largest absolute Gasteiger partial charge is 0.383 e. The lowest BCUT2D eigenvalue weighted by atomic mass is 10.0. The van der Waals surface area contributed by atoms with Crippen molar-refractivity contribution >= 4 is 17.5 Å². The van der Waals surface area contributed by atoms with E-state index in [2.05, 4.69) is 11.8 Å². The molecule has 1 aromatic carbocycles. The van der Waals surface area contributed by atoms with E-state index in [9.17, 15) is 4.79 Å². The molecule has 1 atom stereocenters. The summed E-state index contributed by atoms with van der Waals surface area (Å²) >= 11 is 6.27. The maximum absolute atomic E-state index is 13.1. The molecule has 4 nitrogen and oxygen atoms in total. The number of carbonyl (C=O) groups is 1. The molecule has 0 radical (unpaired) electrons. The van der Waals surface area contributed by atoms with Crippen molar-refractivity contribution in [2.45, 2.75) is 38.8 Å². The monoisotopic (exact) mass is 338 g/mol. The highest BCUT2D eigenvalue weighted by Crippen LogP contribution is 2.22. The highest BCUT2D eigenvalue weighted by molar-refractivity contribution is 6.31. The minimum Gasteiger partial charge on any atom is -0.383 e. The van der Waals surface area contributed by atoms with Gasteiger partial charge in [0.05, 0.1) is 12.6 Å². The molecule has 5 heteroatoms. The Labute approximate surface area is 144 Å². The lowest BCUT2D eigenvalue weighted by Gasteiger charge is -2.37. The number of hydrogen-bond acceptors (Lipinski definition) is 3. The molecule has 1 amide bonds. The number of benzene rings is 1. The molecule has 1 aliphatic rings. The van der Waals surface area contributed by atoms with Gasteiger partial charge < -0.3 is 9.64 Å². The summed E-state index contributed by atoms with van der Waals surface area (Å²) in [5.41, 5.74) is 0.984. The Hall–Kier alpha value is -1.10. The van der Waals surface area contributed by atoms with Crippen LogP contribution in [0.5, 0.6) is 0 Å². The Morgan fingerprint density at radius 1 is 1.39 bits per heavy atom. The van der Waals surface area contributed by atoms with Gasteiger partial charge in [-0.15, -0.1) is 0 Å². The summed E-state index contributed by atoms with van der Waals surface area (Å²) in [6.07, 6.45) is 3.25. The fourth-order valence-electron chi connectivity index (χ4n) is 3.16. The van der Waals surface area contributed by atoms with Gasteiger partial charge in [-0.3, -0.25) is 9.69 Å². The van der Waals surface area contributed by atoms with Crippen molar-refractivity contribution in [3.8, 4) is 0 Å². The van der Waals surface area contributed by atoms with Crippen LogP contribution in [0.4, 0.5) is 0 Å². The number of halogens is 1. The number of methoxy groups -OCH3 is 1. The zero-order chi connectivity index (χ0) is 16.7. The topological polar surface area (TPSA) is 32.8 Å². The molecule has 1 saturated heterocycles. The molecule has 1 aliphatic heterocycles. The second-order valence-electron chi connectivity index (χ2n) is 5.98. The first-order chi connectivity index (χ1) is 11.2. The lowest BCUT2D eigenvalue weighted by Crippen LogP contribution is -2.51.